The van der Waals surface area contributed by atoms with Gasteiger partial charge in [0, 0.05) is 24.5 Å². The van der Waals surface area contributed by atoms with Crippen molar-refractivity contribution >= 4 is 17.5 Å². The van der Waals surface area contributed by atoms with Crippen molar-refractivity contribution in [1.29, 1.82) is 0 Å². The molecule has 2 aliphatic heterocycles. The van der Waals surface area contributed by atoms with E-state index < -0.39 is 0 Å². The highest BCUT2D eigenvalue weighted by Crippen LogP contribution is 2.25. The molecule has 6 nitrogen and oxygen atoms in total. The predicted molar refractivity (Wildman–Crippen MR) is 93.6 cm³/mol. The maximum absolute atomic E-state index is 13.0. The minimum atomic E-state index is -0.138. The number of fused-ring (bicyclic) bond motifs is 1. The van der Waals surface area contributed by atoms with E-state index in [4.69, 9.17) is 16.3 Å². The molecule has 25 heavy (non-hydrogen) atoms. The third-order valence-corrected chi connectivity index (χ3v) is 5.15. The Kier molecular flexibility index (Phi) is 4.72. The van der Waals surface area contributed by atoms with Gasteiger partial charge in [-0.05, 0) is 30.5 Å². The van der Waals surface area contributed by atoms with Crippen molar-refractivity contribution in [2.75, 3.05) is 19.7 Å². The molecule has 3 heterocycles. The number of amides is 1. The fourth-order valence-corrected chi connectivity index (χ4v) is 3.62. The molecule has 1 atom stereocenters. The molecule has 0 spiro atoms. The normalized spacial score (nSPS) is 20.8. The predicted octanol–water partition coefficient (Wildman–Crippen LogP) is 2.87. The van der Waals surface area contributed by atoms with Crippen LogP contribution in [-0.4, -0.2) is 45.3 Å². The van der Waals surface area contributed by atoms with E-state index in [1.165, 1.54) is 6.42 Å². The molecule has 0 N–H and O–H groups in total. The van der Waals surface area contributed by atoms with Crippen molar-refractivity contribution in [2.24, 2.45) is 0 Å². The Labute approximate surface area is 151 Å². The van der Waals surface area contributed by atoms with Crippen molar-refractivity contribution in [3.8, 4) is 0 Å². The summed E-state index contributed by atoms with van der Waals surface area (Å²) in [7, 11) is 0. The van der Waals surface area contributed by atoms with Gasteiger partial charge in [0.25, 0.3) is 5.91 Å². The van der Waals surface area contributed by atoms with Gasteiger partial charge in [0.15, 0.2) is 0 Å². The van der Waals surface area contributed by atoms with Gasteiger partial charge in [-0.2, -0.15) is 0 Å². The quantitative estimate of drug-likeness (QED) is 0.826. The van der Waals surface area contributed by atoms with Gasteiger partial charge < -0.3 is 14.2 Å². The van der Waals surface area contributed by atoms with Crippen LogP contribution in [0, 0.1) is 0 Å². The number of rotatable bonds is 2. The summed E-state index contributed by atoms with van der Waals surface area (Å²) in [6.07, 6.45) is 4.12. The number of benzene rings is 1. The highest BCUT2D eigenvalue weighted by molar-refractivity contribution is 6.30. The maximum Gasteiger partial charge on any atom is 0.291 e. The van der Waals surface area contributed by atoms with Crippen molar-refractivity contribution in [3.63, 3.8) is 0 Å². The first-order valence-corrected chi connectivity index (χ1v) is 9.18. The Hall–Kier alpha value is -1.92. The fraction of sp³-hybridized carbons (Fsp3) is 0.500. The molecule has 0 unspecified atom stereocenters. The molecule has 4 rings (SSSR count). The topological polar surface area (TPSA) is 60.2 Å². The summed E-state index contributed by atoms with van der Waals surface area (Å²) in [6, 6.07) is 7.59. The van der Waals surface area contributed by atoms with Gasteiger partial charge in [0.05, 0.1) is 13.2 Å². The molecule has 2 aromatic rings. The van der Waals surface area contributed by atoms with Crippen molar-refractivity contribution < 1.29 is 9.53 Å². The average Bonchev–Trinajstić information content (AvgIpc) is 2.90. The van der Waals surface area contributed by atoms with Crippen molar-refractivity contribution in [2.45, 2.75) is 38.3 Å². The Morgan fingerprint density at radius 1 is 1.12 bits per heavy atom. The molecule has 0 aliphatic carbocycles. The first-order chi connectivity index (χ1) is 12.2. The van der Waals surface area contributed by atoms with Crippen LogP contribution in [0.15, 0.2) is 24.3 Å². The fourth-order valence-electron chi connectivity index (χ4n) is 3.50. The summed E-state index contributed by atoms with van der Waals surface area (Å²) in [5.74, 6) is 1.35. The number of hydrogen-bond acceptors (Lipinski definition) is 4. The summed E-state index contributed by atoms with van der Waals surface area (Å²) in [5, 5.41) is 9.12. The van der Waals surface area contributed by atoms with Crippen LogP contribution in [0.3, 0.4) is 0 Å². The standard InChI is InChI=1S/C18H21ClN4O2/c19-14-7-5-13(6-8-14)15-12-22(10-11-25-15)18(24)17-21-20-16-4-2-1-3-9-23(16)17/h5-8,15H,1-4,9-12H2/t15-/m0/s1. The molecule has 1 aromatic carbocycles. The number of nitrogens with zero attached hydrogens (tertiary/aromatic N) is 4. The van der Waals surface area contributed by atoms with Gasteiger partial charge in [-0.15, -0.1) is 10.2 Å². The van der Waals surface area contributed by atoms with E-state index in [1.807, 2.05) is 33.7 Å². The number of ether oxygens (including phenoxy) is 1. The molecule has 0 saturated carbocycles. The van der Waals surface area contributed by atoms with Gasteiger partial charge in [0.1, 0.15) is 11.9 Å². The minimum absolute atomic E-state index is 0.0529. The maximum atomic E-state index is 13.0. The number of halogens is 1. The van der Waals surface area contributed by atoms with Crippen LogP contribution in [0.4, 0.5) is 0 Å². The van der Waals surface area contributed by atoms with E-state index in [1.54, 1.807) is 0 Å². The van der Waals surface area contributed by atoms with Gasteiger partial charge in [-0.25, -0.2) is 0 Å². The van der Waals surface area contributed by atoms with Crippen LogP contribution in [-0.2, 0) is 17.7 Å². The zero-order chi connectivity index (χ0) is 17.2. The Balaban J connectivity index is 1.52. The van der Waals surface area contributed by atoms with E-state index in [-0.39, 0.29) is 12.0 Å². The van der Waals surface area contributed by atoms with E-state index in [2.05, 4.69) is 10.2 Å². The van der Waals surface area contributed by atoms with E-state index in [9.17, 15) is 4.79 Å². The van der Waals surface area contributed by atoms with Crippen LogP contribution in [0.1, 0.15) is 47.4 Å². The number of carbonyl (C=O) groups excluding carboxylic acids is 1. The smallest absolute Gasteiger partial charge is 0.291 e. The second-order valence-corrected chi connectivity index (χ2v) is 7.00. The molecule has 1 amide bonds. The first kappa shape index (κ1) is 16.5. The minimum Gasteiger partial charge on any atom is -0.370 e. The number of aryl methyl sites for hydroxylation is 1. The lowest BCUT2D eigenvalue weighted by molar-refractivity contribution is -0.0234. The lowest BCUT2D eigenvalue weighted by atomic mass is 10.1. The van der Waals surface area contributed by atoms with E-state index >= 15 is 0 Å². The average molecular weight is 361 g/mol. The van der Waals surface area contributed by atoms with Crippen LogP contribution in [0.5, 0.6) is 0 Å². The molecule has 7 heteroatoms. The monoisotopic (exact) mass is 360 g/mol. The van der Waals surface area contributed by atoms with Gasteiger partial charge >= 0.3 is 0 Å². The summed E-state index contributed by atoms with van der Waals surface area (Å²) < 4.78 is 7.86. The Morgan fingerprint density at radius 3 is 2.80 bits per heavy atom. The van der Waals surface area contributed by atoms with Gasteiger partial charge in [0.2, 0.25) is 5.82 Å². The zero-order valence-corrected chi connectivity index (χ0v) is 14.8. The third kappa shape index (κ3) is 3.41. The number of hydrogen-bond donors (Lipinski definition) is 0. The lowest BCUT2D eigenvalue weighted by Gasteiger charge is -2.33. The molecule has 1 saturated heterocycles. The van der Waals surface area contributed by atoms with Gasteiger partial charge in [-0.1, -0.05) is 30.2 Å². The molecular formula is C18H21ClN4O2. The highest BCUT2D eigenvalue weighted by atomic mass is 35.5. The molecule has 1 aromatic heterocycles. The Bertz CT molecular complexity index is 759. The number of aromatic nitrogens is 3. The summed E-state index contributed by atoms with van der Waals surface area (Å²) >= 11 is 5.95. The third-order valence-electron chi connectivity index (χ3n) is 4.90. The van der Waals surface area contributed by atoms with Crippen LogP contribution < -0.4 is 0 Å². The first-order valence-electron chi connectivity index (χ1n) is 8.81. The van der Waals surface area contributed by atoms with Crippen LogP contribution >= 0.6 is 11.6 Å². The van der Waals surface area contributed by atoms with Crippen molar-refractivity contribution in [3.05, 3.63) is 46.5 Å². The summed E-state index contributed by atoms with van der Waals surface area (Å²) in [5.41, 5.74) is 1.03. The van der Waals surface area contributed by atoms with E-state index in [0.717, 1.165) is 37.2 Å². The second-order valence-electron chi connectivity index (χ2n) is 6.56. The van der Waals surface area contributed by atoms with Crippen LogP contribution in [0.2, 0.25) is 5.02 Å². The SMILES string of the molecule is O=C(c1nnc2n1CCCCC2)N1CCO[C@H](c2ccc(Cl)cc2)C1. The number of morpholine rings is 1. The lowest BCUT2D eigenvalue weighted by Crippen LogP contribution is -2.43. The zero-order valence-electron chi connectivity index (χ0n) is 14.0. The molecule has 2 aliphatic rings. The summed E-state index contributed by atoms with van der Waals surface area (Å²) in [4.78, 5) is 14.8. The molecule has 0 bridgehead atoms. The van der Waals surface area contributed by atoms with Crippen molar-refractivity contribution in [1.82, 2.24) is 19.7 Å². The van der Waals surface area contributed by atoms with Crippen LogP contribution in [0.25, 0.3) is 0 Å². The molecular weight excluding hydrogens is 340 g/mol. The molecule has 0 radical (unpaired) electrons. The highest BCUT2D eigenvalue weighted by Gasteiger charge is 2.30. The number of carbonyl (C=O) groups is 1. The Morgan fingerprint density at radius 2 is 1.96 bits per heavy atom. The molecule has 132 valence electrons. The largest absolute Gasteiger partial charge is 0.370 e. The second kappa shape index (κ2) is 7.14. The van der Waals surface area contributed by atoms with E-state index in [0.29, 0.717) is 30.5 Å². The summed E-state index contributed by atoms with van der Waals surface area (Å²) in [6.45, 7) is 2.43. The van der Waals surface area contributed by atoms with Gasteiger partial charge in [-0.3, -0.25) is 4.79 Å². The molecule has 1 fully saturated rings.